The predicted octanol–water partition coefficient (Wildman–Crippen LogP) is 3.36. The zero-order chi connectivity index (χ0) is 17.8. The quantitative estimate of drug-likeness (QED) is 0.577. The molecule has 3 aromatic heterocycles. The molecule has 4 aromatic rings. The number of furan rings is 1. The van der Waals surface area contributed by atoms with Crippen molar-refractivity contribution in [2.24, 2.45) is 0 Å². The summed E-state index contributed by atoms with van der Waals surface area (Å²) in [5, 5.41) is 6.86. The van der Waals surface area contributed by atoms with Crippen molar-refractivity contribution in [3.63, 3.8) is 0 Å². The van der Waals surface area contributed by atoms with Gasteiger partial charge in [0, 0.05) is 18.1 Å². The molecular weight excluding hydrogens is 332 g/mol. The van der Waals surface area contributed by atoms with Crippen LogP contribution in [0.1, 0.15) is 11.5 Å². The Balaban J connectivity index is 1.48. The zero-order valence-corrected chi connectivity index (χ0v) is 13.8. The van der Waals surface area contributed by atoms with E-state index < -0.39 is 0 Å². The van der Waals surface area contributed by atoms with E-state index in [1.165, 1.54) is 0 Å². The van der Waals surface area contributed by atoms with Crippen LogP contribution in [0, 0.1) is 0 Å². The molecule has 0 aliphatic rings. The third-order valence-electron chi connectivity index (χ3n) is 3.84. The summed E-state index contributed by atoms with van der Waals surface area (Å²) in [6.07, 6.45) is 5.66. The lowest BCUT2D eigenvalue weighted by Gasteiger charge is -2.10. The fourth-order valence-electron chi connectivity index (χ4n) is 2.62. The molecular formula is C19H16N4O3. The van der Waals surface area contributed by atoms with E-state index in [1.807, 2.05) is 53.4 Å². The van der Waals surface area contributed by atoms with Crippen LogP contribution < -0.4 is 5.32 Å². The number of hydrogen-bond acceptors (Lipinski definition) is 5. The van der Waals surface area contributed by atoms with Crippen molar-refractivity contribution >= 4 is 11.6 Å². The molecule has 0 atom stereocenters. The first-order valence-corrected chi connectivity index (χ1v) is 8.13. The van der Waals surface area contributed by atoms with Crippen molar-refractivity contribution in [2.75, 3.05) is 5.32 Å². The molecule has 0 aliphatic heterocycles. The zero-order valence-electron chi connectivity index (χ0n) is 13.8. The summed E-state index contributed by atoms with van der Waals surface area (Å²) in [5.74, 6) is 1.30. The van der Waals surface area contributed by atoms with Crippen LogP contribution in [0.3, 0.4) is 0 Å². The van der Waals surface area contributed by atoms with Crippen molar-refractivity contribution in [2.45, 2.75) is 13.0 Å². The molecule has 7 heteroatoms. The van der Waals surface area contributed by atoms with Crippen molar-refractivity contribution in [3.05, 3.63) is 78.6 Å². The summed E-state index contributed by atoms with van der Waals surface area (Å²) in [5.41, 5.74) is 1.62. The molecule has 3 heterocycles. The lowest BCUT2D eigenvalue weighted by atomic mass is 10.1. The number of carbonyl (C=O) groups is 1. The van der Waals surface area contributed by atoms with Gasteiger partial charge in [-0.25, -0.2) is 0 Å². The topological polar surface area (TPSA) is 86.1 Å². The number of hydrogen-bond donors (Lipinski definition) is 1. The molecule has 1 amide bonds. The minimum Gasteiger partial charge on any atom is -0.461 e. The molecule has 0 radical (unpaired) electrons. The first-order valence-electron chi connectivity index (χ1n) is 8.13. The van der Waals surface area contributed by atoms with Gasteiger partial charge in [-0.2, -0.15) is 4.98 Å². The SMILES string of the molecule is O=C(Cn1cccc1)Nc1ccccc1Cc1nc(-c2ccco2)no1. The van der Waals surface area contributed by atoms with Gasteiger partial charge in [-0.05, 0) is 35.9 Å². The van der Waals surface area contributed by atoms with Crippen LogP contribution >= 0.6 is 0 Å². The minimum atomic E-state index is -0.101. The highest BCUT2D eigenvalue weighted by Crippen LogP contribution is 2.21. The van der Waals surface area contributed by atoms with E-state index >= 15 is 0 Å². The van der Waals surface area contributed by atoms with E-state index in [9.17, 15) is 4.79 Å². The van der Waals surface area contributed by atoms with Crippen molar-refractivity contribution in [3.8, 4) is 11.6 Å². The van der Waals surface area contributed by atoms with Crippen LogP contribution in [0.5, 0.6) is 0 Å². The molecule has 7 nitrogen and oxygen atoms in total. The monoisotopic (exact) mass is 348 g/mol. The minimum absolute atomic E-state index is 0.101. The normalized spacial score (nSPS) is 10.8. The molecule has 0 spiro atoms. The van der Waals surface area contributed by atoms with Crippen molar-refractivity contribution < 1.29 is 13.7 Å². The average Bonchev–Trinajstić information content (AvgIpc) is 3.38. The molecule has 0 aliphatic carbocycles. The van der Waals surface area contributed by atoms with Crippen LogP contribution in [-0.4, -0.2) is 20.6 Å². The van der Waals surface area contributed by atoms with Crippen molar-refractivity contribution in [1.29, 1.82) is 0 Å². The summed E-state index contributed by atoms with van der Waals surface area (Å²) in [4.78, 5) is 16.6. The second-order valence-corrected chi connectivity index (χ2v) is 5.73. The average molecular weight is 348 g/mol. The van der Waals surface area contributed by atoms with Crippen LogP contribution in [0.4, 0.5) is 5.69 Å². The van der Waals surface area contributed by atoms with Gasteiger partial charge < -0.3 is 18.8 Å². The number of nitrogens with zero attached hydrogens (tertiary/aromatic N) is 3. The maximum Gasteiger partial charge on any atom is 0.244 e. The number of carbonyl (C=O) groups excluding carboxylic acids is 1. The Morgan fingerprint density at radius 2 is 1.92 bits per heavy atom. The van der Waals surface area contributed by atoms with E-state index in [-0.39, 0.29) is 12.5 Å². The second-order valence-electron chi connectivity index (χ2n) is 5.73. The van der Waals surface area contributed by atoms with Crippen molar-refractivity contribution in [1.82, 2.24) is 14.7 Å². The molecule has 0 saturated heterocycles. The lowest BCUT2D eigenvalue weighted by Crippen LogP contribution is -2.18. The molecule has 0 fully saturated rings. The third-order valence-corrected chi connectivity index (χ3v) is 3.84. The summed E-state index contributed by atoms with van der Waals surface area (Å²) >= 11 is 0. The summed E-state index contributed by atoms with van der Waals surface area (Å²) < 4.78 is 12.4. The van der Waals surface area contributed by atoms with Crippen LogP contribution in [0.2, 0.25) is 0 Å². The van der Waals surface area contributed by atoms with Gasteiger partial charge in [0.1, 0.15) is 6.54 Å². The van der Waals surface area contributed by atoms with Crippen LogP contribution in [-0.2, 0) is 17.8 Å². The largest absolute Gasteiger partial charge is 0.461 e. The van der Waals surface area contributed by atoms with Crippen LogP contribution in [0.25, 0.3) is 11.6 Å². The first kappa shape index (κ1) is 15.9. The molecule has 130 valence electrons. The molecule has 1 N–H and O–H groups in total. The van der Waals surface area contributed by atoms with Gasteiger partial charge in [0.25, 0.3) is 0 Å². The van der Waals surface area contributed by atoms with Gasteiger partial charge in [0.05, 0.1) is 12.7 Å². The van der Waals surface area contributed by atoms with Gasteiger partial charge in [0.15, 0.2) is 5.76 Å². The maximum atomic E-state index is 12.2. The summed E-state index contributed by atoms with van der Waals surface area (Å²) in [6, 6.07) is 14.8. The molecule has 0 bridgehead atoms. The van der Waals surface area contributed by atoms with Gasteiger partial charge in [-0.3, -0.25) is 4.79 Å². The van der Waals surface area contributed by atoms with E-state index in [0.717, 1.165) is 11.3 Å². The van der Waals surface area contributed by atoms with Gasteiger partial charge >= 0.3 is 0 Å². The van der Waals surface area contributed by atoms with E-state index in [2.05, 4.69) is 15.5 Å². The summed E-state index contributed by atoms with van der Waals surface area (Å²) in [7, 11) is 0. The molecule has 1 aromatic carbocycles. The highest BCUT2D eigenvalue weighted by molar-refractivity contribution is 5.91. The van der Waals surface area contributed by atoms with Gasteiger partial charge in [0.2, 0.25) is 17.6 Å². The predicted molar refractivity (Wildman–Crippen MR) is 94.3 cm³/mol. The number of nitrogens with one attached hydrogen (secondary N) is 1. The number of amides is 1. The molecule has 0 saturated carbocycles. The van der Waals surface area contributed by atoms with E-state index in [0.29, 0.717) is 23.9 Å². The van der Waals surface area contributed by atoms with E-state index in [1.54, 1.807) is 18.4 Å². The standard InChI is InChI=1S/C19H16N4O3/c24-17(13-23-9-3-4-10-23)20-15-7-2-1-6-14(15)12-18-21-19(22-26-18)16-8-5-11-25-16/h1-11H,12-13H2,(H,20,24). The first-order chi connectivity index (χ1) is 12.8. The lowest BCUT2D eigenvalue weighted by molar-refractivity contribution is -0.116. The Morgan fingerprint density at radius 1 is 1.08 bits per heavy atom. The number of anilines is 1. The summed E-state index contributed by atoms with van der Waals surface area (Å²) in [6.45, 7) is 0.254. The number of rotatable bonds is 6. The highest BCUT2D eigenvalue weighted by Gasteiger charge is 2.14. The van der Waals surface area contributed by atoms with Crippen LogP contribution in [0.15, 0.2) is 76.1 Å². The Kier molecular flexibility index (Phi) is 4.34. The maximum absolute atomic E-state index is 12.2. The van der Waals surface area contributed by atoms with Gasteiger partial charge in [-0.15, -0.1) is 0 Å². The Bertz CT molecular complexity index is 988. The number of aromatic nitrogens is 3. The smallest absolute Gasteiger partial charge is 0.244 e. The number of para-hydroxylation sites is 1. The fraction of sp³-hybridized carbons (Fsp3) is 0.105. The second kappa shape index (κ2) is 7.10. The molecule has 0 unspecified atom stereocenters. The number of benzene rings is 1. The van der Waals surface area contributed by atoms with E-state index in [4.69, 9.17) is 8.94 Å². The third kappa shape index (κ3) is 3.56. The Hall–Kier alpha value is -3.61. The Morgan fingerprint density at radius 3 is 2.73 bits per heavy atom. The highest BCUT2D eigenvalue weighted by atomic mass is 16.5. The molecule has 4 rings (SSSR count). The van der Waals surface area contributed by atoms with Gasteiger partial charge in [-0.1, -0.05) is 23.4 Å². The fourth-order valence-corrected chi connectivity index (χ4v) is 2.62. The Labute approximate surface area is 149 Å². The molecule has 26 heavy (non-hydrogen) atoms.